The maximum absolute atomic E-state index is 12.2. The number of aliphatic hydroxyl groups excluding tert-OH is 2. The molecular formula is C23H31NO5. The number of aliphatic hydroxyl groups is 2. The van der Waals surface area contributed by atoms with Crippen molar-refractivity contribution in [3.05, 3.63) is 22.8 Å². The zero-order valence-electron chi connectivity index (χ0n) is 17.6. The molecule has 158 valence electrons. The summed E-state index contributed by atoms with van der Waals surface area (Å²) in [6.07, 6.45) is 1.36. The largest absolute Gasteiger partial charge is 0.508 e. The van der Waals surface area contributed by atoms with Crippen molar-refractivity contribution < 1.29 is 24.9 Å². The number of rotatable bonds is 0. The summed E-state index contributed by atoms with van der Waals surface area (Å²) in [5.74, 6) is 0.968. The van der Waals surface area contributed by atoms with E-state index < -0.39 is 23.2 Å². The number of phenols is 1. The van der Waals surface area contributed by atoms with Crippen molar-refractivity contribution in [3.63, 3.8) is 0 Å². The van der Waals surface area contributed by atoms with Crippen molar-refractivity contribution in [1.29, 1.82) is 0 Å². The van der Waals surface area contributed by atoms with Gasteiger partial charge in [-0.3, -0.25) is 4.79 Å². The van der Waals surface area contributed by atoms with E-state index in [1.807, 2.05) is 13.8 Å². The molecule has 4 aliphatic rings. The number of benzene rings is 1. The van der Waals surface area contributed by atoms with Crippen LogP contribution in [0.1, 0.15) is 68.4 Å². The molecule has 0 radical (unpaired) electrons. The van der Waals surface area contributed by atoms with Crippen LogP contribution >= 0.6 is 0 Å². The third-order valence-electron chi connectivity index (χ3n) is 8.94. The Morgan fingerprint density at radius 3 is 2.62 bits per heavy atom. The smallest absolute Gasteiger partial charge is 0.252 e. The zero-order chi connectivity index (χ0) is 20.9. The van der Waals surface area contributed by atoms with Crippen LogP contribution < -0.4 is 10.1 Å². The molecule has 6 atom stereocenters. The second kappa shape index (κ2) is 5.67. The SMILES string of the molecule is C[C@H]1CC[C@@H]2C(C)(C)[C@H](O)[C@H](O)C[C@]2(C)[C@]12Cc1c(O)cc3c(c1O2)CNC3=O. The minimum atomic E-state index is -0.816. The number of hydrogen-bond donors (Lipinski definition) is 4. The van der Waals surface area contributed by atoms with Gasteiger partial charge in [0.05, 0.1) is 17.8 Å². The van der Waals surface area contributed by atoms with Crippen molar-refractivity contribution in [2.75, 3.05) is 0 Å². The Kier molecular flexibility index (Phi) is 3.75. The first kappa shape index (κ1) is 19.2. The van der Waals surface area contributed by atoms with Crippen LogP contribution in [0.15, 0.2) is 6.07 Å². The van der Waals surface area contributed by atoms with Crippen LogP contribution in [0.2, 0.25) is 0 Å². The Morgan fingerprint density at radius 1 is 1.17 bits per heavy atom. The molecule has 0 bridgehead atoms. The van der Waals surface area contributed by atoms with E-state index in [0.29, 0.717) is 30.7 Å². The highest BCUT2D eigenvalue weighted by molar-refractivity contribution is 6.00. The fourth-order valence-corrected chi connectivity index (χ4v) is 7.32. The lowest BCUT2D eigenvalue weighted by Crippen LogP contribution is -2.69. The average Bonchev–Trinajstić information content (AvgIpc) is 3.22. The monoisotopic (exact) mass is 401 g/mol. The maximum atomic E-state index is 12.2. The third-order valence-corrected chi connectivity index (χ3v) is 8.94. The first-order valence-corrected chi connectivity index (χ1v) is 10.7. The summed E-state index contributed by atoms with van der Waals surface area (Å²) in [7, 11) is 0. The summed E-state index contributed by atoms with van der Waals surface area (Å²) in [6.45, 7) is 8.89. The number of hydrogen-bond acceptors (Lipinski definition) is 5. The second-order valence-corrected chi connectivity index (χ2v) is 10.6. The van der Waals surface area contributed by atoms with Gasteiger partial charge >= 0.3 is 0 Å². The molecule has 2 heterocycles. The lowest BCUT2D eigenvalue weighted by Gasteiger charge is -2.64. The molecule has 4 N–H and O–H groups in total. The van der Waals surface area contributed by atoms with E-state index in [-0.39, 0.29) is 28.9 Å². The van der Waals surface area contributed by atoms with Crippen molar-refractivity contribution in [2.45, 2.75) is 77.7 Å². The van der Waals surface area contributed by atoms with Gasteiger partial charge in [-0.25, -0.2) is 0 Å². The number of nitrogens with one attached hydrogen (secondary N) is 1. The van der Waals surface area contributed by atoms with Crippen LogP contribution in [-0.2, 0) is 13.0 Å². The van der Waals surface area contributed by atoms with Gasteiger partial charge in [-0.1, -0.05) is 27.7 Å². The highest BCUT2D eigenvalue weighted by Crippen LogP contribution is 2.67. The van der Waals surface area contributed by atoms with Gasteiger partial charge in [0, 0.05) is 29.5 Å². The van der Waals surface area contributed by atoms with Crippen LogP contribution in [0, 0.1) is 22.7 Å². The molecule has 2 aliphatic carbocycles. The lowest BCUT2D eigenvalue weighted by molar-refractivity contribution is -0.240. The second-order valence-electron chi connectivity index (χ2n) is 10.6. The number of phenolic OH excluding ortho intramolecular Hbond substituents is 1. The van der Waals surface area contributed by atoms with Crippen LogP contribution in [0.3, 0.4) is 0 Å². The molecule has 5 rings (SSSR count). The summed E-state index contributed by atoms with van der Waals surface area (Å²) in [5.41, 5.74) is 0.679. The molecule has 1 spiro atoms. The number of carbonyl (C=O) groups is 1. The summed E-state index contributed by atoms with van der Waals surface area (Å²) in [5, 5.41) is 35.1. The standard InChI is InChI=1S/C23H31NO5/c1-11-5-6-17-21(2,3)19(27)16(26)9-22(17,4)23(11)8-13-15(25)7-12-14(18(13)29-23)10-24-20(12)28/h7,11,16-17,19,25-27H,5-6,8-10H2,1-4H3,(H,24,28)/t11-,16+,17+,19+,22-,23-/m0/s1. The van der Waals surface area contributed by atoms with Gasteiger partial charge in [0.15, 0.2) is 0 Å². The third kappa shape index (κ3) is 2.17. The molecular weight excluding hydrogens is 370 g/mol. The van der Waals surface area contributed by atoms with Crippen molar-refractivity contribution in [2.24, 2.45) is 22.7 Å². The van der Waals surface area contributed by atoms with Crippen LogP contribution in [0.5, 0.6) is 11.5 Å². The fourth-order valence-electron chi connectivity index (χ4n) is 7.32. The Morgan fingerprint density at radius 2 is 1.90 bits per heavy atom. The number of ether oxygens (including phenoxy) is 1. The summed E-state index contributed by atoms with van der Waals surface area (Å²) in [4.78, 5) is 12.2. The molecule has 0 unspecified atom stereocenters. The minimum Gasteiger partial charge on any atom is -0.508 e. The number of aromatic hydroxyl groups is 1. The van der Waals surface area contributed by atoms with Gasteiger partial charge in [0.2, 0.25) is 0 Å². The normalized spacial score (nSPS) is 42.1. The fraction of sp³-hybridized carbons (Fsp3) is 0.696. The van der Waals surface area contributed by atoms with Crippen LogP contribution in [0.4, 0.5) is 0 Å². The van der Waals surface area contributed by atoms with Gasteiger partial charge in [-0.15, -0.1) is 0 Å². The molecule has 1 aromatic rings. The molecule has 29 heavy (non-hydrogen) atoms. The molecule has 1 amide bonds. The Hall–Kier alpha value is -1.79. The molecule has 1 aromatic carbocycles. The zero-order valence-corrected chi connectivity index (χ0v) is 17.6. The van der Waals surface area contributed by atoms with E-state index in [2.05, 4.69) is 19.2 Å². The highest BCUT2D eigenvalue weighted by Gasteiger charge is 2.68. The topological polar surface area (TPSA) is 99.0 Å². The number of amides is 1. The van der Waals surface area contributed by atoms with E-state index in [4.69, 9.17) is 4.74 Å². The van der Waals surface area contributed by atoms with Gasteiger partial charge in [-0.05, 0) is 42.6 Å². The lowest BCUT2D eigenvalue weighted by atomic mass is 9.43. The molecule has 0 saturated heterocycles. The van der Waals surface area contributed by atoms with E-state index >= 15 is 0 Å². The van der Waals surface area contributed by atoms with Gasteiger partial charge in [0.25, 0.3) is 5.91 Å². The van der Waals surface area contributed by atoms with Gasteiger partial charge < -0.3 is 25.4 Å². The summed E-state index contributed by atoms with van der Waals surface area (Å²) in [6, 6.07) is 1.57. The molecule has 6 nitrogen and oxygen atoms in total. The molecule has 2 fully saturated rings. The molecule has 2 aliphatic heterocycles. The van der Waals surface area contributed by atoms with Crippen LogP contribution in [-0.4, -0.2) is 39.0 Å². The maximum Gasteiger partial charge on any atom is 0.252 e. The first-order chi connectivity index (χ1) is 13.5. The average molecular weight is 402 g/mol. The Labute approximate surface area is 171 Å². The predicted octanol–water partition coefficient (Wildman–Crippen LogP) is 2.51. The highest BCUT2D eigenvalue weighted by atomic mass is 16.5. The van der Waals surface area contributed by atoms with E-state index in [0.717, 1.165) is 24.0 Å². The minimum absolute atomic E-state index is 0.112. The van der Waals surface area contributed by atoms with Crippen molar-refractivity contribution in [1.82, 2.24) is 5.32 Å². The molecule has 0 aromatic heterocycles. The number of carbonyl (C=O) groups excluding carboxylic acids is 1. The van der Waals surface area contributed by atoms with E-state index in [1.54, 1.807) is 6.07 Å². The Balaban J connectivity index is 1.66. The van der Waals surface area contributed by atoms with Gasteiger partial charge in [-0.2, -0.15) is 0 Å². The first-order valence-electron chi connectivity index (χ1n) is 10.7. The molecule has 6 heteroatoms. The number of fused-ring (bicyclic) bond motifs is 5. The van der Waals surface area contributed by atoms with E-state index in [1.165, 1.54) is 0 Å². The predicted molar refractivity (Wildman–Crippen MR) is 107 cm³/mol. The van der Waals surface area contributed by atoms with Crippen molar-refractivity contribution in [3.8, 4) is 11.5 Å². The van der Waals surface area contributed by atoms with Crippen LogP contribution in [0.25, 0.3) is 0 Å². The quantitative estimate of drug-likeness (QED) is 0.535. The molecule has 2 saturated carbocycles. The van der Waals surface area contributed by atoms with E-state index in [9.17, 15) is 20.1 Å². The Bertz CT molecular complexity index is 911. The van der Waals surface area contributed by atoms with Gasteiger partial charge in [0.1, 0.15) is 17.1 Å². The van der Waals surface area contributed by atoms with Crippen molar-refractivity contribution >= 4 is 5.91 Å². The summed E-state index contributed by atoms with van der Waals surface area (Å²) < 4.78 is 6.82. The summed E-state index contributed by atoms with van der Waals surface area (Å²) >= 11 is 0.